The maximum Gasteiger partial charge on any atom is 0.487 e. The number of ether oxygens (including phenoxy) is 1. The molecule has 1 saturated carbocycles. The van der Waals surface area contributed by atoms with E-state index in [1.54, 1.807) is 0 Å². The summed E-state index contributed by atoms with van der Waals surface area (Å²) in [5.74, 6) is 0.0675. The average Bonchev–Trinajstić information content (AvgIpc) is 3.38. The van der Waals surface area contributed by atoms with Crippen molar-refractivity contribution in [1.82, 2.24) is 4.90 Å². The molecule has 0 aromatic heterocycles. The summed E-state index contributed by atoms with van der Waals surface area (Å²) < 4.78 is 30.9. The Bertz CT molecular complexity index is 1200. The van der Waals surface area contributed by atoms with Gasteiger partial charge >= 0.3 is 5.57 Å². The topological polar surface area (TPSA) is 61.9 Å². The van der Waals surface area contributed by atoms with Crippen LogP contribution in [0, 0.1) is 0 Å². The molecule has 1 N–H and O–H groups in total. The van der Waals surface area contributed by atoms with Gasteiger partial charge in [0.2, 0.25) is 5.91 Å². The molecule has 6 nitrogen and oxygen atoms in total. The van der Waals surface area contributed by atoms with Crippen LogP contribution in [0.15, 0.2) is 40.9 Å². The molecule has 0 spiro atoms. The van der Waals surface area contributed by atoms with Gasteiger partial charge < -0.3 is 19.9 Å². The lowest BCUT2D eigenvalue weighted by Gasteiger charge is -2.41. The number of anilines is 2. The number of likely N-dealkylation sites (tertiary alicyclic amines) is 1. The summed E-state index contributed by atoms with van der Waals surface area (Å²) in [4.78, 5) is 30.5. The van der Waals surface area contributed by atoms with Crippen molar-refractivity contribution in [3.63, 3.8) is 0 Å². The predicted octanol–water partition coefficient (Wildman–Crippen LogP) is 6.72. The molecule has 2 aromatic rings. The molecule has 2 aliphatic heterocycles. The van der Waals surface area contributed by atoms with E-state index in [1.165, 1.54) is 24.3 Å². The van der Waals surface area contributed by atoms with Crippen LogP contribution in [0.4, 0.5) is 20.2 Å². The van der Waals surface area contributed by atoms with Crippen molar-refractivity contribution in [2.75, 3.05) is 16.8 Å². The molecule has 5 rings (SSSR count). The lowest BCUT2D eigenvalue weighted by atomic mass is 9.94. The van der Waals surface area contributed by atoms with Crippen LogP contribution in [-0.4, -0.2) is 47.0 Å². The number of benzene rings is 2. The van der Waals surface area contributed by atoms with E-state index in [0.717, 1.165) is 48.0 Å². The third-order valence-electron chi connectivity index (χ3n) is 7.58. The van der Waals surface area contributed by atoms with Crippen molar-refractivity contribution in [2.45, 2.75) is 75.6 Å². The van der Waals surface area contributed by atoms with Crippen molar-refractivity contribution < 1.29 is 23.1 Å². The fourth-order valence-electron chi connectivity index (χ4n) is 6.20. The number of amides is 2. The minimum absolute atomic E-state index is 0.110. The van der Waals surface area contributed by atoms with Crippen molar-refractivity contribution in [3.05, 3.63) is 52.0 Å². The number of halogens is 4. The fraction of sp³-hybridized carbons (Fsp3) is 0.481. The third kappa shape index (κ3) is 5.17. The van der Waals surface area contributed by atoms with Crippen molar-refractivity contribution in [1.29, 1.82) is 0 Å². The molecular weight excluding hydrogens is 568 g/mol. The number of nitrogens with one attached hydrogen (secondary N) is 1. The normalized spacial score (nSPS) is 23.3. The monoisotopic (exact) mass is 595 g/mol. The van der Waals surface area contributed by atoms with Gasteiger partial charge in [0.25, 0.3) is 5.91 Å². The maximum absolute atomic E-state index is 13.2. The minimum atomic E-state index is -3.80. The molecule has 0 bridgehead atoms. The number of hydrogen-bond donors (Lipinski definition) is 1. The molecule has 1 saturated heterocycles. The quantitative estimate of drug-likeness (QED) is 0.376. The highest BCUT2D eigenvalue weighted by molar-refractivity contribution is 9.10. The lowest BCUT2D eigenvalue weighted by Crippen LogP contribution is -2.53. The molecule has 3 atom stereocenters. The highest BCUT2D eigenvalue weighted by Crippen LogP contribution is 2.54. The molecule has 0 radical (unpaired) electrons. The van der Waals surface area contributed by atoms with Crippen LogP contribution in [0.25, 0.3) is 0 Å². The molecule has 1 aliphatic carbocycles. The number of hydrogen-bond acceptors (Lipinski definition) is 4. The van der Waals surface area contributed by atoms with E-state index in [0.29, 0.717) is 17.7 Å². The van der Waals surface area contributed by atoms with E-state index >= 15 is 0 Å². The number of nitrogens with zero attached hydrogens (tertiary/aromatic N) is 2. The minimum Gasteiger partial charge on any atom is -0.420 e. The molecule has 37 heavy (non-hydrogen) atoms. The van der Waals surface area contributed by atoms with Crippen LogP contribution >= 0.6 is 27.5 Å². The first-order chi connectivity index (χ1) is 17.5. The third-order valence-corrected chi connectivity index (χ3v) is 8.26. The second kappa shape index (κ2) is 10.1. The highest BCUT2D eigenvalue weighted by Gasteiger charge is 2.51. The summed E-state index contributed by atoms with van der Waals surface area (Å²) in [7, 11) is 0. The number of alkyl halides is 3. The van der Waals surface area contributed by atoms with E-state index in [1.807, 2.05) is 12.1 Å². The van der Waals surface area contributed by atoms with E-state index in [9.17, 15) is 18.4 Å². The zero-order valence-electron chi connectivity index (χ0n) is 20.6. The number of fused-ring (bicyclic) bond motifs is 3. The zero-order chi connectivity index (χ0) is 26.5. The Morgan fingerprint density at radius 1 is 1.19 bits per heavy atom. The standard InChI is InChI=1S/C27H29BrClF2N3O3/c1-15(2)34-24-20(19-10-11-22(25(19)34)33-12-4-3-5-23(33)35)13-16(14-21(24)28)26(36)32-17-6-8-18(9-7-17)37-27(29,30)31/h6-9,13-15,19,22,25H,3-5,10-12H2,1-2H3,(H,32,36). The second-order valence-electron chi connectivity index (χ2n) is 10.2. The maximum atomic E-state index is 13.2. The molecule has 3 aliphatic rings. The number of piperidine rings is 1. The first kappa shape index (κ1) is 26.2. The molecule has 2 aromatic carbocycles. The Labute approximate surface area is 228 Å². The van der Waals surface area contributed by atoms with Gasteiger partial charge in [0.1, 0.15) is 5.75 Å². The Morgan fingerprint density at radius 2 is 1.92 bits per heavy atom. The Kier molecular flexibility index (Phi) is 7.13. The van der Waals surface area contributed by atoms with E-state index in [2.05, 4.69) is 49.6 Å². The molecular formula is C27H29BrClF2N3O3. The van der Waals surface area contributed by atoms with Gasteiger partial charge in [-0.25, -0.2) is 0 Å². The summed E-state index contributed by atoms with van der Waals surface area (Å²) >= 11 is 8.54. The van der Waals surface area contributed by atoms with Gasteiger partial charge in [-0.3, -0.25) is 9.59 Å². The van der Waals surface area contributed by atoms with Crippen molar-refractivity contribution >= 4 is 50.7 Å². The first-order valence-electron chi connectivity index (χ1n) is 12.6. The van der Waals surface area contributed by atoms with Gasteiger partial charge in [0.05, 0.1) is 17.8 Å². The largest absolute Gasteiger partial charge is 0.487 e. The number of carbonyl (C=O) groups is 2. The SMILES string of the molecule is CC(C)N1c2c(Br)cc(C(=O)Nc3ccc(OC(F)(F)Cl)cc3)cc2C2CCC(N3CCCCC3=O)C21. The smallest absolute Gasteiger partial charge is 0.420 e. The van der Waals surface area contributed by atoms with Gasteiger partial charge in [0.15, 0.2) is 0 Å². The van der Waals surface area contributed by atoms with Crippen LogP contribution in [0.5, 0.6) is 5.75 Å². The van der Waals surface area contributed by atoms with E-state index in [-0.39, 0.29) is 41.6 Å². The van der Waals surface area contributed by atoms with Gasteiger partial charge in [-0.2, -0.15) is 0 Å². The van der Waals surface area contributed by atoms with Crippen LogP contribution in [-0.2, 0) is 4.79 Å². The first-order valence-corrected chi connectivity index (χ1v) is 13.8. The predicted molar refractivity (Wildman–Crippen MR) is 143 cm³/mol. The van der Waals surface area contributed by atoms with Gasteiger partial charge in [-0.05, 0) is 97.4 Å². The van der Waals surface area contributed by atoms with Gasteiger partial charge in [0, 0.05) is 52.2 Å². The highest BCUT2D eigenvalue weighted by atomic mass is 79.9. The summed E-state index contributed by atoms with van der Waals surface area (Å²) in [5, 5.41) is 2.82. The average molecular weight is 597 g/mol. The Morgan fingerprint density at radius 3 is 2.57 bits per heavy atom. The van der Waals surface area contributed by atoms with Gasteiger partial charge in [-0.15, -0.1) is 8.78 Å². The van der Waals surface area contributed by atoms with E-state index in [4.69, 9.17) is 11.6 Å². The zero-order valence-corrected chi connectivity index (χ0v) is 23.0. The Hall–Kier alpha value is -2.39. The number of rotatable bonds is 6. The Balaban J connectivity index is 1.40. The van der Waals surface area contributed by atoms with Crippen molar-refractivity contribution in [3.8, 4) is 5.75 Å². The summed E-state index contributed by atoms with van der Waals surface area (Å²) in [5.41, 5.74) is -0.639. The summed E-state index contributed by atoms with van der Waals surface area (Å²) in [6, 6.07) is 9.94. The van der Waals surface area contributed by atoms with Crippen LogP contribution in [0.3, 0.4) is 0 Å². The van der Waals surface area contributed by atoms with Crippen LogP contribution < -0.4 is 15.0 Å². The molecule has 10 heteroatoms. The second-order valence-corrected chi connectivity index (χ2v) is 11.5. The number of carbonyl (C=O) groups excluding carboxylic acids is 2. The molecule has 3 unspecified atom stereocenters. The molecule has 2 heterocycles. The lowest BCUT2D eigenvalue weighted by molar-refractivity contribution is -0.136. The molecule has 2 amide bonds. The summed E-state index contributed by atoms with van der Waals surface area (Å²) in [6.45, 7) is 5.15. The summed E-state index contributed by atoms with van der Waals surface area (Å²) in [6.07, 6.45) is 4.54. The van der Waals surface area contributed by atoms with Crippen molar-refractivity contribution in [2.24, 2.45) is 0 Å². The fourth-order valence-corrected chi connectivity index (χ4v) is 6.97. The van der Waals surface area contributed by atoms with Crippen LogP contribution in [0.1, 0.15) is 67.8 Å². The van der Waals surface area contributed by atoms with E-state index < -0.39 is 5.57 Å². The molecule has 2 fully saturated rings. The molecule has 198 valence electrons. The van der Waals surface area contributed by atoms with Crippen LogP contribution in [0.2, 0.25) is 0 Å². The van der Waals surface area contributed by atoms with Gasteiger partial charge in [-0.1, -0.05) is 0 Å².